The third kappa shape index (κ3) is 5.87. The van der Waals surface area contributed by atoms with Gasteiger partial charge in [0.1, 0.15) is 12.2 Å². The maximum Gasteiger partial charge on any atom is 0.345 e. The van der Waals surface area contributed by atoms with E-state index in [-0.39, 0.29) is 18.8 Å². The van der Waals surface area contributed by atoms with Crippen molar-refractivity contribution in [1.82, 2.24) is 0 Å². The highest BCUT2D eigenvalue weighted by atomic mass is 16.6. The van der Waals surface area contributed by atoms with Gasteiger partial charge in [-0.05, 0) is 43.2 Å². The molecule has 0 spiro atoms. The Bertz CT molecular complexity index is 806. The van der Waals surface area contributed by atoms with E-state index in [0.29, 0.717) is 23.7 Å². The van der Waals surface area contributed by atoms with Crippen molar-refractivity contribution in [2.45, 2.75) is 20.5 Å². The van der Waals surface area contributed by atoms with Crippen LogP contribution in [0.1, 0.15) is 25.0 Å². The molecule has 148 valence electrons. The Hall–Kier alpha value is -3.28. The van der Waals surface area contributed by atoms with Crippen LogP contribution < -0.4 is 9.47 Å². The molecule has 0 aliphatic carbocycles. The van der Waals surface area contributed by atoms with Gasteiger partial charge < -0.3 is 18.9 Å². The lowest BCUT2D eigenvalue weighted by molar-refractivity contribution is -0.146. The summed E-state index contributed by atoms with van der Waals surface area (Å²) in [5, 5.41) is 0. The van der Waals surface area contributed by atoms with Crippen LogP contribution in [0.25, 0.3) is 6.08 Å². The van der Waals surface area contributed by atoms with Gasteiger partial charge in [-0.2, -0.15) is 0 Å². The Kier molecular flexibility index (Phi) is 8.09. The summed E-state index contributed by atoms with van der Waals surface area (Å²) in [5.41, 5.74) is 1.41. The van der Waals surface area contributed by atoms with Crippen molar-refractivity contribution in [3.63, 3.8) is 0 Å². The molecule has 0 amide bonds. The van der Waals surface area contributed by atoms with Crippen LogP contribution in [0.5, 0.6) is 11.5 Å². The van der Waals surface area contributed by atoms with E-state index in [0.717, 1.165) is 5.56 Å². The predicted molar refractivity (Wildman–Crippen MR) is 105 cm³/mol. The van der Waals surface area contributed by atoms with E-state index >= 15 is 0 Å². The van der Waals surface area contributed by atoms with Crippen molar-refractivity contribution in [3.05, 3.63) is 65.2 Å². The van der Waals surface area contributed by atoms with Crippen LogP contribution in [0, 0.1) is 0 Å². The van der Waals surface area contributed by atoms with Gasteiger partial charge in [-0.25, -0.2) is 9.59 Å². The zero-order valence-corrected chi connectivity index (χ0v) is 16.3. The normalized spacial score (nSPS) is 9.96. The highest BCUT2D eigenvalue weighted by Crippen LogP contribution is 2.30. The lowest BCUT2D eigenvalue weighted by Gasteiger charge is -2.12. The standard InChI is InChI=1S/C22H24O6/c1-4-26-21(23)18(22(24)27-5-2)13-17-11-12-19(25-3)20(14-17)28-15-16-9-7-6-8-10-16/h6-14H,4-5,15H2,1-3H3. The highest BCUT2D eigenvalue weighted by molar-refractivity contribution is 6.17. The van der Waals surface area contributed by atoms with Crippen molar-refractivity contribution in [2.24, 2.45) is 0 Å². The van der Waals surface area contributed by atoms with Gasteiger partial charge in [-0.15, -0.1) is 0 Å². The van der Waals surface area contributed by atoms with E-state index in [2.05, 4.69) is 0 Å². The maximum atomic E-state index is 12.1. The lowest BCUT2D eigenvalue weighted by atomic mass is 10.1. The number of esters is 2. The summed E-state index contributed by atoms with van der Waals surface area (Å²) < 4.78 is 21.1. The molecule has 0 fully saturated rings. The fourth-order valence-corrected chi connectivity index (χ4v) is 2.42. The fourth-order valence-electron chi connectivity index (χ4n) is 2.42. The Morgan fingerprint density at radius 2 is 1.54 bits per heavy atom. The first kappa shape index (κ1) is 21.0. The van der Waals surface area contributed by atoms with Crippen LogP contribution in [-0.2, 0) is 25.7 Å². The minimum absolute atomic E-state index is 0.156. The van der Waals surface area contributed by atoms with Gasteiger partial charge >= 0.3 is 11.9 Å². The minimum Gasteiger partial charge on any atom is -0.493 e. The molecule has 0 N–H and O–H groups in total. The molecule has 0 saturated heterocycles. The second-order valence-electron chi connectivity index (χ2n) is 5.68. The van der Waals surface area contributed by atoms with Gasteiger partial charge in [0.05, 0.1) is 20.3 Å². The summed E-state index contributed by atoms with van der Waals surface area (Å²) in [6.07, 6.45) is 1.42. The molecule has 0 saturated carbocycles. The number of hydrogen-bond acceptors (Lipinski definition) is 6. The molecule has 2 aromatic carbocycles. The average molecular weight is 384 g/mol. The lowest BCUT2D eigenvalue weighted by Crippen LogP contribution is -2.18. The van der Waals surface area contributed by atoms with E-state index in [9.17, 15) is 9.59 Å². The number of benzene rings is 2. The summed E-state index contributed by atoms with van der Waals surface area (Å²) in [6, 6.07) is 14.8. The molecular weight excluding hydrogens is 360 g/mol. The SMILES string of the molecule is CCOC(=O)C(=Cc1ccc(OC)c(OCc2ccccc2)c1)C(=O)OCC. The summed E-state index contributed by atoms with van der Waals surface area (Å²) in [5.74, 6) is -0.430. The average Bonchev–Trinajstić information content (AvgIpc) is 2.71. The largest absolute Gasteiger partial charge is 0.493 e. The van der Waals surface area contributed by atoms with Gasteiger partial charge in [-0.3, -0.25) is 0 Å². The number of methoxy groups -OCH3 is 1. The maximum absolute atomic E-state index is 12.1. The summed E-state index contributed by atoms with van der Waals surface area (Å²) in [4.78, 5) is 24.3. The molecule has 2 aromatic rings. The van der Waals surface area contributed by atoms with Gasteiger partial charge in [0.2, 0.25) is 0 Å². The third-order valence-electron chi connectivity index (χ3n) is 3.73. The second kappa shape index (κ2) is 10.8. The van der Waals surface area contributed by atoms with Gasteiger partial charge in [0.15, 0.2) is 11.5 Å². The van der Waals surface area contributed by atoms with Gasteiger partial charge in [-0.1, -0.05) is 36.4 Å². The van der Waals surface area contributed by atoms with Gasteiger partial charge in [0.25, 0.3) is 0 Å². The van der Waals surface area contributed by atoms with E-state index in [1.54, 1.807) is 39.2 Å². The highest BCUT2D eigenvalue weighted by Gasteiger charge is 2.21. The van der Waals surface area contributed by atoms with Crippen molar-refractivity contribution in [2.75, 3.05) is 20.3 Å². The number of rotatable bonds is 9. The van der Waals surface area contributed by atoms with Crippen molar-refractivity contribution < 1.29 is 28.5 Å². The van der Waals surface area contributed by atoms with E-state index in [4.69, 9.17) is 18.9 Å². The number of hydrogen-bond donors (Lipinski definition) is 0. The number of carbonyl (C=O) groups excluding carboxylic acids is 2. The topological polar surface area (TPSA) is 71.1 Å². The molecular formula is C22H24O6. The smallest absolute Gasteiger partial charge is 0.345 e. The Morgan fingerprint density at radius 3 is 2.11 bits per heavy atom. The van der Waals surface area contributed by atoms with Crippen LogP contribution in [0.2, 0.25) is 0 Å². The minimum atomic E-state index is -0.733. The first-order valence-electron chi connectivity index (χ1n) is 8.99. The number of ether oxygens (including phenoxy) is 4. The quantitative estimate of drug-likeness (QED) is 0.284. The van der Waals surface area contributed by atoms with Crippen LogP contribution in [0.4, 0.5) is 0 Å². The van der Waals surface area contributed by atoms with E-state index in [1.165, 1.54) is 6.08 Å². The molecule has 0 aliphatic heterocycles. The van der Waals surface area contributed by atoms with Crippen LogP contribution >= 0.6 is 0 Å². The molecule has 28 heavy (non-hydrogen) atoms. The molecule has 0 radical (unpaired) electrons. The van der Waals surface area contributed by atoms with E-state index < -0.39 is 11.9 Å². The van der Waals surface area contributed by atoms with Crippen LogP contribution in [0.3, 0.4) is 0 Å². The molecule has 2 rings (SSSR count). The third-order valence-corrected chi connectivity index (χ3v) is 3.73. The first-order chi connectivity index (χ1) is 13.6. The molecule has 0 atom stereocenters. The summed E-state index contributed by atoms with van der Waals surface area (Å²) in [7, 11) is 1.54. The molecule has 0 heterocycles. The number of carbonyl (C=O) groups is 2. The molecule has 6 heteroatoms. The molecule has 0 unspecified atom stereocenters. The zero-order valence-electron chi connectivity index (χ0n) is 16.3. The summed E-state index contributed by atoms with van der Waals surface area (Å²) in [6.45, 7) is 4.01. The Morgan fingerprint density at radius 1 is 0.893 bits per heavy atom. The van der Waals surface area contributed by atoms with Gasteiger partial charge in [0, 0.05) is 0 Å². The van der Waals surface area contributed by atoms with Crippen LogP contribution in [-0.4, -0.2) is 32.3 Å². The Labute approximate surface area is 164 Å². The predicted octanol–water partition coefficient (Wildman–Crippen LogP) is 3.78. The second-order valence-corrected chi connectivity index (χ2v) is 5.68. The zero-order chi connectivity index (χ0) is 20.4. The monoisotopic (exact) mass is 384 g/mol. The van der Waals surface area contributed by atoms with Crippen molar-refractivity contribution in [1.29, 1.82) is 0 Å². The van der Waals surface area contributed by atoms with E-state index in [1.807, 2.05) is 30.3 Å². The van der Waals surface area contributed by atoms with Crippen molar-refractivity contribution in [3.8, 4) is 11.5 Å². The first-order valence-corrected chi connectivity index (χ1v) is 8.99. The summed E-state index contributed by atoms with van der Waals surface area (Å²) >= 11 is 0. The molecule has 0 aromatic heterocycles. The Balaban J connectivity index is 2.30. The molecule has 6 nitrogen and oxygen atoms in total. The van der Waals surface area contributed by atoms with Crippen molar-refractivity contribution >= 4 is 18.0 Å². The molecule has 0 aliphatic rings. The molecule has 0 bridgehead atoms. The fraction of sp³-hybridized carbons (Fsp3) is 0.273. The van der Waals surface area contributed by atoms with Crippen LogP contribution in [0.15, 0.2) is 54.1 Å².